The molecule has 0 saturated carbocycles. The summed E-state index contributed by atoms with van der Waals surface area (Å²) in [5.41, 5.74) is 0. The molecule has 0 saturated heterocycles. The molecule has 0 aromatic rings. The van der Waals surface area contributed by atoms with Gasteiger partial charge < -0.3 is 22.8 Å². The Morgan fingerprint density at radius 1 is 0.591 bits per heavy atom. The van der Waals surface area contributed by atoms with E-state index in [0.717, 1.165) is 18.9 Å². The Hall–Kier alpha value is 0.0169. The quantitative estimate of drug-likeness (QED) is 0.242. The number of rotatable bonds is 16. The molecule has 0 aliphatic carbocycles. The van der Waals surface area contributed by atoms with Crippen molar-refractivity contribution in [3.05, 3.63) is 0 Å². The van der Waals surface area contributed by atoms with Crippen LogP contribution in [-0.4, -0.2) is 50.6 Å². The zero-order valence-electron chi connectivity index (χ0n) is 15.2. The number of unbranched alkanes of at least 4 members (excludes halogenated alkanes) is 7. The van der Waals surface area contributed by atoms with Crippen LogP contribution < -0.4 is 0 Å². The molecule has 6 heteroatoms. The normalized spacial score (nSPS) is 12.3. The van der Waals surface area contributed by atoms with Crippen LogP contribution in [0.2, 0.25) is 6.04 Å². The Balaban J connectivity index is 3.40. The van der Waals surface area contributed by atoms with E-state index in [2.05, 4.69) is 0 Å². The average Bonchev–Trinajstić information content (AvgIpc) is 2.57. The molecule has 0 fully saturated rings. The summed E-state index contributed by atoms with van der Waals surface area (Å²) in [6, 6.07) is 0.909. The van der Waals surface area contributed by atoms with Crippen molar-refractivity contribution >= 4 is 8.80 Å². The molecule has 0 atom stereocenters. The smallest absolute Gasteiger partial charge is 0.377 e. The fraction of sp³-hybridized carbons (Fsp3) is 1.00. The van der Waals surface area contributed by atoms with Gasteiger partial charge in [-0.3, -0.25) is 0 Å². The fourth-order valence-electron chi connectivity index (χ4n) is 2.60. The third-order valence-electron chi connectivity index (χ3n) is 4.13. The van der Waals surface area contributed by atoms with Crippen LogP contribution in [0.5, 0.6) is 0 Å². The van der Waals surface area contributed by atoms with Crippen molar-refractivity contribution in [3.63, 3.8) is 0 Å². The third-order valence-corrected chi connectivity index (χ3v) is 6.96. The van der Waals surface area contributed by atoms with Gasteiger partial charge in [0.25, 0.3) is 0 Å². The van der Waals surface area contributed by atoms with Gasteiger partial charge in [-0.2, -0.15) is 0 Å². The van der Waals surface area contributed by atoms with E-state index < -0.39 is 8.80 Å². The van der Waals surface area contributed by atoms with E-state index >= 15 is 0 Å². The molecule has 0 aliphatic rings. The van der Waals surface area contributed by atoms with Gasteiger partial charge in [-0.1, -0.05) is 38.5 Å². The molecule has 0 heterocycles. The van der Waals surface area contributed by atoms with E-state index in [1.165, 1.54) is 44.9 Å². The highest BCUT2D eigenvalue weighted by Gasteiger charge is 2.36. The third kappa shape index (κ3) is 9.92. The monoisotopic (exact) mass is 336 g/mol. The van der Waals surface area contributed by atoms with Crippen molar-refractivity contribution < 1.29 is 22.8 Å². The predicted octanol–water partition coefficient (Wildman–Crippen LogP) is 3.99. The van der Waals surface area contributed by atoms with Crippen molar-refractivity contribution in [3.8, 4) is 0 Å². The maximum Gasteiger partial charge on any atom is 0.500 e. The molecule has 0 unspecified atom stereocenters. The summed E-state index contributed by atoms with van der Waals surface area (Å²) in [5.74, 6) is 0. The van der Waals surface area contributed by atoms with Crippen LogP contribution in [0.15, 0.2) is 0 Å². The molecule has 5 nitrogen and oxygen atoms in total. The molecular formula is C16H36O5Si. The second kappa shape index (κ2) is 14.6. The van der Waals surface area contributed by atoms with E-state index in [0.29, 0.717) is 0 Å². The molecule has 0 rings (SSSR count). The minimum Gasteiger partial charge on any atom is -0.377 e. The number of hydrogen-bond acceptors (Lipinski definition) is 5. The molecular weight excluding hydrogens is 300 g/mol. The lowest BCUT2D eigenvalue weighted by molar-refractivity contribution is -0.107. The van der Waals surface area contributed by atoms with Gasteiger partial charge >= 0.3 is 8.80 Å². The topological polar surface area (TPSA) is 46.2 Å². The zero-order chi connectivity index (χ0) is 16.7. The molecule has 0 spiro atoms. The summed E-state index contributed by atoms with van der Waals surface area (Å²) >= 11 is 0. The van der Waals surface area contributed by atoms with Gasteiger partial charge in [0.1, 0.15) is 0 Å². The second-order valence-corrected chi connectivity index (χ2v) is 8.65. The Kier molecular flexibility index (Phi) is 14.6. The molecule has 0 N–H and O–H groups in total. The van der Waals surface area contributed by atoms with Gasteiger partial charge in [-0.15, -0.1) is 0 Å². The summed E-state index contributed by atoms with van der Waals surface area (Å²) in [4.78, 5) is 0. The lowest BCUT2D eigenvalue weighted by atomic mass is 10.1. The molecule has 134 valence electrons. The standard InChI is InChI=1S/C16H36O5Si/c1-17-16(18-2)14-12-10-8-6-7-9-11-13-15-22(19-3,20-4)21-5/h16H,6-15H2,1-5H3. The maximum absolute atomic E-state index is 5.42. The first-order valence-corrected chi connectivity index (χ1v) is 10.3. The highest BCUT2D eigenvalue weighted by atomic mass is 28.4. The van der Waals surface area contributed by atoms with Crippen molar-refractivity contribution in [1.29, 1.82) is 0 Å². The predicted molar refractivity (Wildman–Crippen MR) is 90.9 cm³/mol. The van der Waals surface area contributed by atoms with Gasteiger partial charge in [-0.25, -0.2) is 0 Å². The van der Waals surface area contributed by atoms with E-state index in [1.54, 1.807) is 35.5 Å². The van der Waals surface area contributed by atoms with Gasteiger partial charge in [0.05, 0.1) is 0 Å². The highest BCUT2D eigenvalue weighted by molar-refractivity contribution is 6.60. The summed E-state index contributed by atoms with van der Waals surface area (Å²) < 4.78 is 26.6. The van der Waals surface area contributed by atoms with Crippen molar-refractivity contribution in [2.45, 2.75) is 70.1 Å². The van der Waals surface area contributed by atoms with Crippen LogP contribution in [0, 0.1) is 0 Å². The summed E-state index contributed by atoms with van der Waals surface area (Å²) in [6.07, 6.45) is 10.9. The first-order chi connectivity index (χ1) is 10.7. The number of hydrogen-bond donors (Lipinski definition) is 0. The van der Waals surface area contributed by atoms with Crippen LogP contribution in [-0.2, 0) is 22.8 Å². The SMILES string of the molecule is COC(CCCCCCCCCC[Si](OC)(OC)OC)OC. The molecule has 0 aromatic carbocycles. The zero-order valence-corrected chi connectivity index (χ0v) is 16.2. The Morgan fingerprint density at radius 2 is 1.00 bits per heavy atom. The van der Waals surface area contributed by atoms with Crippen LogP contribution in [0.4, 0.5) is 0 Å². The second-order valence-electron chi connectivity index (χ2n) is 5.56. The fourth-order valence-corrected chi connectivity index (χ4v) is 4.40. The molecule has 0 aliphatic heterocycles. The van der Waals surface area contributed by atoms with Crippen molar-refractivity contribution in [2.75, 3.05) is 35.5 Å². The van der Waals surface area contributed by atoms with Gasteiger partial charge in [0.2, 0.25) is 0 Å². The van der Waals surface area contributed by atoms with Crippen molar-refractivity contribution in [2.24, 2.45) is 0 Å². The highest BCUT2D eigenvalue weighted by Crippen LogP contribution is 2.18. The molecule has 22 heavy (non-hydrogen) atoms. The van der Waals surface area contributed by atoms with Crippen molar-refractivity contribution in [1.82, 2.24) is 0 Å². The maximum atomic E-state index is 5.42. The molecule has 0 amide bonds. The van der Waals surface area contributed by atoms with E-state index in [9.17, 15) is 0 Å². The Morgan fingerprint density at radius 3 is 1.41 bits per heavy atom. The molecule has 0 radical (unpaired) electrons. The Labute approximate surface area is 138 Å². The summed E-state index contributed by atoms with van der Waals surface area (Å²) in [7, 11) is 6.08. The minimum atomic E-state index is -2.35. The Bertz CT molecular complexity index is 224. The summed E-state index contributed by atoms with van der Waals surface area (Å²) in [6.45, 7) is 0. The lowest BCUT2D eigenvalue weighted by Gasteiger charge is -2.24. The minimum absolute atomic E-state index is 0.0354. The van der Waals surface area contributed by atoms with Gasteiger partial charge in [0, 0.05) is 41.6 Å². The van der Waals surface area contributed by atoms with Crippen LogP contribution in [0.25, 0.3) is 0 Å². The molecule has 0 aromatic heterocycles. The number of ether oxygens (including phenoxy) is 2. The first-order valence-electron chi connectivity index (χ1n) is 8.39. The van der Waals surface area contributed by atoms with Gasteiger partial charge in [0.15, 0.2) is 6.29 Å². The van der Waals surface area contributed by atoms with Gasteiger partial charge in [-0.05, 0) is 19.3 Å². The largest absolute Gasteiger partial charge is 0.500 e. The van der Waals surface area contributed by atoms with E-state index in [-0.39, 0.29) is 6.29 Å². The summed E-state index contributed by atoms with van der Waals surface area (Å²) in [5, 5.41) is 0. The molecule has 0 bridgehead atoms. The van der Waals surface area contributed by atoms with Crippen LogP contribution >= 0.6 is 0 Å². The van der Waals surface area contributed by atoms with E-state index in [1.807, 2.05) is 0 Å². The van der Waals surface area contributed by atoms with Crippen LogP contribution in [0.3, 0.4) is 0 Å². The number of methoxy groups -OCH3 is 2. The van der Waals surface area contributed by atoms with E-state index in [4.69, 9.17) is 22.8 Å². The van der Waals surface area contributed by atoms with Crippen LogP contribution in [0.1, 0.15) is 57.8 Å². The first kappa shape index (κ1) is 22.0. The average molecular weight is 337 g/mol. The lowest BCUT2D eigenvalue weighted by Crippen LogP contribution is -2.42.